The highest BCUT2D eigenvalue weighted by atomic mass is 32.2. The number of nitrogens with zero attached hydrogens (tertiary/aromatic N) is 1. The molecule has 0 aromatic heterocycles. The number of morpholine rings is 1. The van der Waals surface area contributed by atoms with Gasteiger partial charge in [0.2, 0.25) is 10.0 Å². The molecule has 0 spiro atoms. The van der Waals surface area contributed by atoms with Crippen LogP contribution in [-0.2, 0) is 14.8 Å². The van der Waals surface area contributed by atoms with E-state index in [2.05, 4.69) is 14.9 Å². The number of β-amino-alcohol motifs (C(OH)–C–C–N with tert-alkyl or cyclic N) is 1. The lowest BCUT2D eigenvalue weighted by Crippen LogP contribution is -2.44. The Hall–Kier alpha value is -1.72. The average molecular weight is 416 g/mol. The molecule has 0 radical (unpaired) electrons. The molecule has 0 aliphatic carbocycles. The first kappa shape index (κ1) is 22.6. The molecule has 1 heterocycles. The van der Waals surface area contributed by atoms with Crippen LogP contribution in [0.4, 0.5) is 0 Å². The van der Waals surface area contributed by atoms with Crippen molar-refractivity contribution in [3.63, 3.8) is 0 Å². The lowest BCUT2D eigenvalue weighted by molar-refractivity contribution is 0.0149. The summed E-state index contributed by atoms with van der Waals surface area (Å²) < 4.78 is 37.9. The summed E-state index contributed by atoms with van der Waals surface area (Å²) in [5, 5.41) is 12.8. The quantitative estimate of drug-likeness (QED) is 0.511. The number of carbonyl (C=O) groups excluding carboxylic acids is 1. The second kappa shape index (κ2) is 10.2. The number of nitrogens with one attached hydrogen (secondary N) is 2. The van der Waals surface area contributed by atoms with Gasteiger partial charge in [-0.05, 0) is 32.0 Å². The van der Waals surface area contributed by atoms with E-state index in [1.165, 1.54) is 25.3 Å². The number of benzene rings is 1. The molecular formula is C18H29N3O6S. The standard InChI is InChI=1S/C18H29N3O6S/c1-13(2)20-28(24,25)17-10-14(4-5-16(17)26-3)18(23)19-11-15(22)12-21-6-8-27-9-7-21/h4-5,10,13,15,20,22H,6-9,11-12H2,1-3H3,(H,19,23)/t15-/m0/s1. The molecule has 1 fully saturated rings. The maximum Gasteiger partial charge on any atom is 0.251 e. The van der Waals surface area contributed by atoms with Crippen molar-refractivity contribution in [3.8, 4) is 5.75 Å². The summed E-state index contributed by atoms with van der Waals surface area (Å²) in [5.74, 6) is -0.318. The van der Waals surface area contributed by atoms with Crippen LogP contribution in [0.5, 0.6) is 5.75 Å². The van der Waals surface area contributed by atoms with Gasteiger partial charge in [-0.1, -0.05) is 0 Å². The van der Waals surface area contributed by atoms with Crippen molar-refractivity contribution in [2.24, 2.45) is 0 Å². The Labute approximate surface area is 166 Å². The molecule has 1 atom stereocenters. The highest BCUT2D eigenvalue weighted by Gasteiger charge is 2.23. The average Bonchev–Trinajstić information content (AvgIpc) is 2.65. The van der Waals surface area contributed by atoms with Crippen LogP contribution < -0.4 is 14.8 Å². The Kier molecular flexibility index (Phi) is 8.20. The molecule has 1 saturated heterocycles. The molecule has 9 nitrogen and oxygen atoms in total. The number of amides is 1. The zero-order valence-corrected chi connectivity index (χ0v) is 17.3. The summed E-state index contributed by atoms with van der Waals surface area (Å²) in [6.07, 6.45) is -0.730. The number of hydrogen-bond acceptors (Lipinski definition) is 7. The van der Waals surface area contributed by atoms with Crippen molar-refractivity contribution in [2.45, 2.75) is 30.9 Å². The number of methoxy groups -OCH3 is 1. The second-order valence-electron chi connectivity index (χ2n) is 6.92. The zero-order chi connectivity index (χ0) is 20.7. The Morgan fingerprint density at radius 1 is 1.32 bits per heavy atom. The predicted octanol–water partition coefficient (Wildman–Crippen LogP) is -0.195. The van der Waals surface area contributed by atoms with Crippen LogP contribution in [0.25, 0.3) is 0 Å². The van der Waals surface area contributed by atoms with Crippen LogP contribution in [0.2, 0.25) is 0 Å². The Morgan fingerprint density at radius 2 is 2.00 bits per heavy atom. The molecule has 10 heteroatoms. The summed E-state index contributed by atoms with van der Waals surface area (Å²) >= 11 is 0. The lowest BCUT2D eigenvalue weighted by Gasteiger charge is -2.28. The fraction of sp³-hybridized carbons (Fsp3) is 0.611. The first-order chi connectivity index (χ1) is 13.2. The zero-order valence-electron chi connectivity index (χ0n) is 16.5. The molecule has 1 aliphatic heterocycles. The van der Waals surface area contributed by atoms with Crippen molar-refractivity contribution in [1.29, 1.82) is 0 Å². The number of aliphatic hydroxyl groups is 1. The Balaban J connectivity index is 2.03. The van der Waals surface area contributed by atoms with Gasteiger partial charge in [-0.25, -0.2) is 13.1 Å². The molecule has 1 aliphatic rings. The van der Waals surface area contributed by atoms with Crippen molar-refractivity contribution in [1.82, 2.24) is 14.9 Å². The normalized spacial score (nSPS) is 16.8. The molecule has 1 aromatic rings. The number of rotatable bonds is 9. The molecule has 2 rings (SSSR count). The van der Waals surface area contributed by atoms with Gasteiger partial charge in [-0.3, -0.25) is 9.69 Å². The van der Waals surface area contributed by atoms with E-state index < -0.39 is 22.0 Å². The summed E-state index contributed by atoms with van der Waals surface area (Å²) in [6, 6.07) is 3.89. The first-order valence-electron chi connectivity index (χ1n) is 9.19. The predicted molar refractivity (Wildman–Crippen MR) is 104 cm³/mol. The number of ether oxygens (including phenoxy) is 2. The number of sulfonamides is 1. The molecule has 1 aromatic carbocycles. The van der Waals surface area contributed by atoms with E-state index in [1.807, 2.05) is 0 Å². The van der Waals surface area contributed by atoms with Crippen LogP contribution in [0.3, 0.4) is 0 Å². The summed E-state index contributed by atoms with van der Waals surface area (Å²) in [5.41, 5.74) is 0.170. The number of aliphatic hydroxyl groups excluding tert-OH is 1. The maximum atomic E-state index is 12.5. The topological polar surface area (TPSA) is 117 Å². The molecule has 3 N–H and O–H groups in total. The van der Waals surface area contributed by atoms with E-state index in [-0.39, 0.29) is 28.8 Å². The van der Waals surface area contributed by atoms with Gasteiger partial charge in [0.05, 0.1) is 26.4 Å². The van der Waals surface area contributed by atoms with Crippen LogP contribution in [0.1, 0.15) is 24.2 Å². The molecule has 0 saturated carbocycles. The van der Waals surface area contributed by atoms with E-state index in [1.54, 1.807) is 13.8 Å². The molecule has 1 amide bonds. The van der Waals surface area contributed by atoms with Gasteiger partial charge in [0.15, 0.2) is 0 Å². The second-order valence-corrected chi connectivity index (χ2v) is 8.60. The van der Waals surface area contributed by atoms with Gasteiger partial charge >= 0.3 is 0 Å². The van der Waals surface area contributed by atoms with Crippen LogP contribution >= 0.6 is 0 Å². The van der Waals surface area contributed by atoms with E-state index in [4.69, 9.17) is 9.47 Å². The third kappa shape index (κ3) is 6.42. The molecular weight excluding hydrogens is 386 g/mol. The Morgan fingerprint density at radius 3 is 2.61 bits per heavy atom. The van der Waals surface area contributed by atoms with Crippen LogP contribution in [0.15, 0.2) is 23.1 Å². The largest absolute Gasteiger partial charge is 0.495 e. The molecule has 0 unspecified atom stereocenters. The van der Waals surface area contributed by atoms with Gasteiger partial charge in [0.25, 0.3) is 5.91 Å². The van der Waals surface area contributed by atoms with Gasteiger partial charge in [0, 0.05) is 37.8 Å². The maximum absolute atomic E-state index is 12.5. The summed E-state index contributed by atoms with van der Waals surface area (Å²) in [7, 11) is -2.47. The number of hydrogen-bond donors (Lipinski definition) is 3. The van der Waals surface area contributed by atoms with Gasteiger partial charge in [-0.15, -0.1) is 0 Å². The smallest absolute Gasteiger partial charge is 0.251 e. The molecule has 28 heavy (non-hydrogen) atoms. The summed E-state index contributed by atoms with van der Waals surface area (Å²) in [4.78, 5) is 14.4. The monoisotopic (exact) mass is 415 g/mol. The minimum Gasteiger partial charge on any atom is -0.495 e. The van der Waals surface area contributed by atoms with Gasteiger partial charge < -0.3 is 19.9 Å². The molecule has 0 bridgehead atoms. The third-order valence-electron chi connectivity index (χ3n) is 4.18. The van der Waals surface area contributed by atoms with Crippen LogP contribution in [-0.4, -0.2) is 83.0 Å². The van der Waals surface area contributed by atoms with E-state index in [0.29, 0.717) is 19.8 Å². The van der Waals surface area contributed by atoms with Crippen molar-refractivity contribution in [3.05, 3.63) is 23.8 Å². The lowest BCUT2D eigenvalue weighted by atomic mass is 10.2. The van der Waals surface area contributed by atoms with Crippen molar-refractivity contribution >= 4 is 15.9 Å². The molecule has 158 valence electrons. The SMILES string of the molecule is COc1ccc(C(=O)NC[C@H](O)CN2CCOCC2)cc1S(=O)(=O)NC(C)C. The van der Waals surface area contributed by atoms with E-state index in [0.717, 1.165) is 13.1 Å². The van der Waals surface area contributed by atoms with Gasteiger partial charge in [0.1, 0.15) is 10.6 Å². The fourth-order valence-corrected chi connectivity index (χ4v) is 4.31. The van der Waals surface area contributed by atoms with E-state index >= 15 is 0 Å². The van der Waals surface area contributed by atoms with E-state index in [9.17, 15) is 18.3 Å². The fourth-order valence-electron chi connectivity index (χ4n) is 2.86. The summed E-state index contributed by atoms with van der Waals surface area (Å²) in [6.45, 7) is 6.66. The van der Waals surface area contributed by atoms with Gasteiger partial charge in [-0.2, -0.15) is 0 Å². The minimum atomic E-state index is -3.83. The first-order valence-corrected chi connectivity index (χ1v) is 10.7. The van der Waals surface area contributed by atoms with Crippen molar-refractivity contribution in [2.75, 3.05) is 46.5 Å². The number of carbonyl (C=O) groups is 1. The Bertz CT molecular complexity index is 763. The van der Waals surface area contributed by atoms with Crippen molar-refractivity contribution < 1.29 is 27.8 Å². The third-order valence-corrected chi connectivity index (χ3v) is 5.86. The van der Waals surface area contributed by atoms with Crippen LogP contribution in [0, 0.1) is 0 Å². The highest BCUT2D eigenvalue weighted by Crippen LogP contribution is 2.25. The minimum absolute atomic E-state index is 0.0640. The highest BCUT2D eigenvalue weighted by molar-refractivity contribution is 7.89.